The van der Waals surface area contributed by atoms with E-state index in [0.29, 0.717) is 53.7 Å². The smallest absolute Gasteiger partial charge is 0.326 e. The molecule has 4 aromatic rings. The lowest BCUT2D eigenvalue weighted by Crippen LogP contribution is -2.33. The number of rotatable bonds is 6. The van der Waals surface area contributed by atoms with Gasteiger partial charge in [0.1, 0.15) is 23.1 Å². The van der Waals surface area contributed by atoms with Crippen LogP contribution in [0.25, 0.3) is 21.9 Å². The third-order valence-electron chi connectivity index (χ3n) is 8.43. The normalized spacial score (nSPS) is 21.6. The molecule has 2 saturated heterocycles. The SMILES string of the molecule is CNc1cc(F)cc2c1[nH]c1nc(Oc3cnc(CC(=O)N4CC[C@@H](N)C4)nc3)nc(N3C[C@H](N)C4(CC4)C3)c12. The Morgan fingerprint density at radius 2 is 2.02 bits per heavy atom. The predicted octanol–water partition coefficient (Wildman–Crippen LogP) is 1.90. The summed E-state index contributed by atoms with van der Waals surface area (Å²) in [5, 5.41) is 4.45. The molecule has 1 aliphatic carbocycles. The van der Waals surface area contributed by atoms with E-state index < -0.39 is 0 Å². The van der Waals surface area contributed by atoms with E-state index in [2.05, 4.69) is 30.2 Å². The van der Waals surface area contributed by atoms with Crippen LogP contribution < -0.4 is 26.4 Å². The van der Waals surface area contributed by atoms with E-state index in [4.69, 9.17) is 21.2 Å². The lowest BCUT2D eigenvalue weighted by atomic mass is 10.0. The zero-order valence-corrected chi connectivity index (χ0v) is 22.2. The molecule has 5 heterocycles. The van der Waals surface area contributed by atoms with Crippen molar-refractivity contribution >= 4 is 39.3 Å². The van der Waals surface area contributed by atoms with Crippen LogP contribution in [0.1, 0.15) is 25.1 Å². The summed E-state index contributed by atoms with van der Waals surface area (Å²) in [4.78, 5) is 37.8. The number of carbonyl (C=O) groups excluding carboxylic acids is 1. The number of anilines is 2. The van der Waals surface area contributed by atoms with Crippen LogP contribution in [-0.4, -0.2) is 81.0 Å². The van der Waals surface area contributed by atoms with Gasteiger partial charge in [0.15, 0.2) is 5.75 Å². The van der Waals surface area contributed by atoms with E-state index in [1.165, 1.54) is 24.5 Å². The van der Waals surface area contributed by atoms with Crippen molar-refractivity contribution in [2.45, 2.75) is 37.8 Å². The number of benzene rings is 1. The molecule has 3 fully saturated rings. The number of ether oxygens (including phenoxy) is 1. The molecule has 0 unspecified atom stereocenters. The molecule has 1 spiro atoms. The minimum Gasteiger partial charge on any atom is -0.421 e. The number of nitrogens with one attached hydrogen (secondary N) is 2. The number of amides is 1. The van der Waals surface area contributed by atoms with Crippen LogP contribution in [0.4, 0.5) is 15.9 Å². The van der Waals surface area contributed by atoms with E-state index in [9.17, 15) is 9.18 Å². The number of carbonyl (C=O) groups is 1. The number of hydrogen-bond acceptors (Lipinski definition) is 10. The first-order chi connectivity index (χ1) is 19.3. The molecule has 2 atom stereocenters. The van der Waals surface area contributed by atoms with Crippen molar-refractivity contribution in [2.24, 2.45) is 16.9 Å². The maximum Gasteiger partial charge on any atom is 0.326 e. The summed E-state index contributed by atoms with van der Waals surface area (Å²) < 4.78 is 20.6. The lowest BCUT2D eigenvalue weighted by molar-refractivity contribution is -0.129. The Balaban J connectivity index is 1.21. The molecular formula is C27H31FN10O2. The van der Waals surface area contributed by atoms with Crippen molar-refractivity contribution in [1.29, 1.82) is 0 Å². The van der Waals surface area contributed by atoms with Gasteiger partial charge < -0.3 is 36.3 Å². The van der Waals surface area contributed by atoms with Crippen LogP contribution in [-0.2, 0) is 11.2 Å². The zero-order chi connectivity index (χ0) is 27.6. The Kier molecular flexibility index (Phi) is 5.75. The first-order valence-corrected chi connectivity index (χ1v) is 13.6. The minimum atomic E-state index is -0.357. The quantitative estimate of drug-likeness (QED) is 0.281. The number of nitrogens with zero attached hydrogens (tertiary/aromatic N) is 6. The number of nitrogens with two attached hydrogens (primary N) is 2. The van der Waals surface area contributed by atoms with Gasteiger partial charge in [-0.2, -0.15) is 9.97 Å². The van der Waals surface area contributed by atoms with Crippen molar-refractivity contribution in [1.82, 2.24) is 29.8 Å². The third-order valence-corrected chi connectivity index (χ3v) is 8.43. The first kappa shape index (κ1) is 24.9. The molecule has 1 aromatic carbocycles. The van der Waals surface area contributed by atoms with Crippen LogP contribution in [0.15, 0.2) is 24.5 Å². The standard InChI is InChI=1S/C27H31FN10O2/c1-31-18-7-14(28)6-17-22-24(34-23(17)18)35-26(36-25(22)38-12-19(30)27(13-38)3-4-27)40-16-9-32-20(33-10-16)8-21(39)37-5-2-15(29)11-37/h6-7,9-10,15,19,31H,2-5,8,11-13,29-30H2,1H3,(H,34,35,36)/t15-,19+/m1/s1. The van der Waals surface area contributed by atoms with Gasteiger partial charge in [-0.25, -0.2) is 14.4 Å². The molecule has 2 aliphatic heterocycles. The molecule has 0 bridgehead atoms. The van der Waals surface area contributed by atoms with Crippen LogP contribution in [0, 0.1) is 11.2 Å². The van der Waals surface area contributed by atoms with E-state index in [0.717, 1.165) is 36.7 Å². The van der Waals surface area contributed by atoms with Gasteiger partial charge in [-0.15, -0.1) is 0 Å². The second kappa shape index (κ2) is 9.24. The highest BCUT2D eigenvalue weighted by molar-refractivity contribution is 6.14. The minimum absolute atomic E-state index is 0.0232. The number of fused-ring (bicyclic) bond motifs is 3. The molecule has 0 radical (unpaired) electrons. The van der Waals surface area contributed by atoms with Gasteiger partial charge in [0.05, 0.1) is 35.4 Å². The van der Waals surface area contributed by atoms with Gasteiger partial charge in [0.2, 0.25) is 5.91 Å². The van der Waals surface area contributed by atoms with Crippen molar-refractivity contribution in [3.8, 4) is 11.8 Å². The number of likely N-dealkylation sites (tertiary alicyclic amines) is 1. The van der Waals surface area contributed by atoms with Crippen molar-refractivity contribution < 1.29 is 13.9 Å². The Labute approximate surface area is 229 Å². The molecule has 6 N–H and O–H groups in total. The Bertz CT molecular complexity index is 1620. The topological polar surface area (TPSA) is 164 Å². The summed E-state index contributed by atoms with van der Waals surface area (Å²) in [7, 11) is 1.74. The summed E-state index contributed by atoms with van der Waals surface area (Å²) in [6.07, 6.45) is 6.08. The Hall–Kier alpha value is -4.10. The maximum absolute atomic E-state index is 14.6. The highest BCUT2D eigenvalue weighted by Crippen LogP contribution is 2.53. The second-order valence-corrected chi connectivity index (χ2v) is 11.2. The monoisotopic (exact) mass is 546 g/mol. The molecule has 1 saturated carbocycles. The summed E-state index contributed by atoms with van der Waals surface area (Å²) in [5.41, 5.74) is 14.4. The fraction of sp³-hybridized carbons (Fsp3) is 0.444. The van der Waals surface area contributed by atoms with E-state index >= 15 is 0 Å². The number of aromatic nitrogens is 5. The van der Waals surface area contributed by atoms with Crippen molar-refractivity contribution in [3.05, 3.63) is 36.2 Å². The third kappa shape index (κ3) is 4.25. The Morgan fingerprint density at radius 1 is 1.23 bits per heavy atom. The summed E-state index contributed by atoms with van der Waals surface area (Å²) >= 11 is 0. The van der Waals surface area contributed by atoms with Crippen LogP contribution >= 0.6 is 0 Å². The van der Waals surface area contributed by atoms with Gasteiger partial charge in [-0.05, 0) is 31.4 Å². The van der Waals surface area contributed by atoms with Gasteiger partial charge >= 0.3 is 6.01 Å². The van der Waals surface area contributed by atoms with Gasteiger partial charge in [-0.1, -0.05) is 0 Å². The fourth-order valence-corrected chi connectivity index (χ4v) is 5.99. The van der Waals surface area contributed by atoms with Crippen LogP contribution in [0.3, 0.4) is 0 Å². The van der Waals surface area contributed by atoms with E-state index in [-0.39, 0.29) is 41.7 Å². The number of halogens is 1. The molecule has 3 aromatic heterocycles. The molecule has 13 heteroatoms. The number of hydrogen-bond donors (Lipinski definition) is 4. The van der Waals surface area contributed by atoms with Crippen molar-refractivity contribution in [3.63, 3.8) is 0 Å². The average molecular weight is 547 g/mol. The predicted molar refractivity (Wildman–Crippen MR) is 148 cm³/mol. The van der Waals surface area contributed by atoms with E-state index in [1.807, 2.05) is 0 Å². The number of H-pyrrole nitrogens is 1. The molecule has 7 rings (SSSR count). The second-order valence-electron chi connectivity index (χ2n) is 11.2. The molecule has 3 aliphatic rings. The van der Waals surface area contributed by atoms with Gasteiger partial charge in [0.25, 0.3) is 0 Å². The molecule has 208 valence electrons. The maximum atomic E-state index is 14.6. The number of aromatic amines is 1. The van der Waals surface area contributed by atoms with E-state index in [1.54, 1.807) is 11.9 Å². The Morgan fingerprint density at radius 3 is 2.70 bits per heavy atom. The molecular weight excluding hydrogens is 515 g/mol. The van der Waals surface area contributed by atoms with Crippen LogP contribution in [0.2, 0.25) is 0 Å². The highest BCUT2D eigenvalue weighted by atomic mass is 19.1. The summed E-state index contributed by atoms with van der Waals surface area (Å²) in [5.74, 6) is 0.968. The molecule has 1 amide bonds. The molecule has 12 nitrogen and oxygen atoms in total. The molecule has 40 heavy (non-hydrogen) atoms. The highest BCUT2D eigenvalue weighted by Gasteiger charge is 2.54. The summed E-state index contributed by atoms with van der Waals surface area (Å²) in [6.45, 7) is 2.62. The lowest BCUT2D eigenvalue weighted by Gasteiger charge is -2.19. The van der Waals surface area contributed by atoms with Gasteiger partial charge in [0, 0.05) is 56.1 Å². The average Bonchev–Trinajstić information content (AvgIpc) is 3.25. The van der Waals surface area contributed by atoms with Gasteiger partial charge in [-0.3, -0.25) is 4.79 Å². The summed E-state index contributed by atoms with van der Waals surface area (Å²) in [6, 6.07) is 3.10. The fourth-order valence-electron chi connectivity index (χ4n) is 5.99. The van der Waals surface area contributed by atoms with Crippen molar-refractivity contribution in [2.75, 3.05) is 43.4 Å². The largest absolute Gasteiger partial charge is 0.421 e. The first-order valence-electron chi connectivity index (χ1n) is 13.6. The zero-order valence-electron chi connectivity index (χ0n) is 22.2. The van der Waals surface area contributed by atoms with Crippen LogP contribution in [0.5, 0.6) is 11.8 Å².